The number of rotatable bonds is 5. The molecule has 1 aromatic carbocycles. The van der Waals surface area contributed by atoms with E-state index in [9.17, 15) is 14.4 Å². The van der Waals surface area contributed by atoms with Crippen LogP contribution in [0, 0.1) is 35.5 Å². The first kappa shape index (κ1) is 16.5. The zero-order chi connectivity index (χ0) is 18.7. The van der Waals surface area contributed by atoms with Gasteiger partial charge in [0.05, 0.1) is 18.9 Å². The molecule has 6 heteroatoms. The van der Waals surface area contributed by atoms with Crippen molar-refractivity contribution >= 4 is 23.4 Å². The van der Waals surface area contributed by atoms with Gasteiger partial charge in [0.25, 0.3) is 0 Å². The van der Waals surface area contributed by atoms with Crippen molar-refractivity contribution in [3.05, 3.63) is 36.4 Å². The van der Waals surface area contributed by atoms with E-state index in [0.717, 1.165) is 6.42 Å². The third-order valence-corrected chi connectivity index (χ3v) is 6.69. The molecule has 6 atom stereocenters. The number of amides is 3. The zero-order valence-electron chi connectivity index (χ0n) is 15.1. The Morgan fingerprint density at radius 3 is 2.22 bits per heavy atom. The maximum Gasteiger partial charge on any atom is 0.233 e. The fraction of sp³-hybridized carbons (Fsp3) is 0.476. The molecule has 0 spiro atoms. The number of hydrogen-bond acceptors (Lipinski definition) is 4. The standard InChI is InChI=1S/C21H22N2O4/c1-27-12-4-2-11(3-5-12)22-17(24)8-9-23-20(25)18-13-6-7-14(16-10-15(13)16)19(18)21(23)26/h2-7,13-16,18-19H,8-10H2,1H3,(H,22,24)/t13-,14-,15-,16+,18+,19+/m0/s1. The molecular weight excluding hydrogens is 344 g/mol. The largest absolute Gasteiger partial charge is 0.497 e. The highest BCUT2D eigenvalue weighted by molar-refractivity contribution is 6.06. The molecule has 4 aliphatic carbocycles. The Balaban J connectivity index is 1.22. The van der Waals surface area contributed by atoms with Crippen molar-refractivity contribution in [2.75, 3.05) is 19.0 Å². The molecule has 0 unspecified atom stereocenters. The molecular formula is C21H22N2O4. The molecule has 0 radical (unpaired) electrons. The minimum atomic E-state index is -0.209. The monoisotopic (exact) mass is 366 g/mol. The van der Waals surface area contributed by atoms with Crippen molar-refractivity contribution in [2.45, 2.75) is 12.8 Å². The second kappa shape index (κ2) is 5.94. The van der Waals surface area contributed by atoms with Crippen LogP contribution in [0.3, 0.4) is 0 Å². The van der Waals surface area contributed by atoms with Gasteiger partial charge in [-0.15, -0.1) is 0 Å². The number of allylic oxidation sites excluding steroid dienone is 2. The number of carbonyl (C=O) groups is 3. The van der Waals surface area contributed by atoms with E-state index in [-0.39, 0.29) is 54.4 Å². The summed E-state index contributed by atoms with van der Waals surface area (Å²) in [6.45, 7) is 0.154. The van der Waals surface area contributed by atoms with Crippen LogP contribution in [0.1, 0.15) is 12.8 Å². The van der Waals surface area contributed by atoms with Crippen LogP contribution in [-0.4, -0.2) is 36.3 Å². The number of hydrogen-bond donors (Lipinski definition) is 1. The first-order valence-electron chi connectivity index (χ1n) is 9.56. The van der Waals surface area contributed by atoms with Gasteiger partial charge >= 0.3 is 0 Å². The Hall–Kier alpha value is -2.63. The quantitative estimate of drug-likeness (QED) is 0.639. The average Bonchev–Trinajstić information content (AvgIpc) is 3.46. The van der Waals surface area contributed by atoms with Crippen molar-refractivity contribution in [3.8, 4) is 5.75 Å². The lowest BCUT2D eigenvalue weighted by Crippen LogP contribution is -2.40. The highest BCUT2D eigenvalue weighted by atomic mass is 16.5. The zero-order valence-corrected chi connectivity index (χ0v) is 15.1. The van der Waals surface area contributed by atoms with E-state index in [1.165, 1.54) is 4.90 Å². The smallest absolute Gasteiger partial charge is 0.233 e. The third-order valence-electron chi connectivity index (χ3n) is 6.69. The summed E-state index contributed by atoms with van der Waals surface area (Å²) in [5.74, 6) is 1.59. The van der Waals surface area contributed by atoms with Crippen LogP contribution in [0.15, 0.2) is 36.4 Å². The van der Waals surface area contributed by atoms with Gasteiger partial charge in [0.1, 0.15) is 5.75 Å². The van der Waals surface area contributed by atoms with E-state index in [0.29, 0.717) is 23.3 Å². The van der Waals surface area contributed by atoms with Crippen molar-refractivity contribution < 1.29 is 19.1 Å². The molecule has 1 saturated heterocycles. The van der Waals surface area contributed by atoms with Crippen molar-refractivity contribution in [2.24, 2.45) is 35.5 Å². The van der Waals surface area contributed by atoms with Gasteiger partial charge < -0.3 is 10.1 Å². The molecule has 0 aromatic heterocycles. The number of methoxy groups -OCH3 is 1. The fourth-order valence-corrected chi connectivity index (χ4v) is 5.35. The van der Waals surface area contributed by atoms with Crippen molar-refractivity contribution in [1.29, 1.82) is 0 Å². The molecule has 2 saturated carbocycles. The predicted octanol–water partition coefficient (Wildman–Crippen LogP) is 2.08. The van der Waals surface area contributed by atoms with Gasteiger partial charge in [-0.3, -0.25) is 19.3 Å². The number of imide groups is 1. The van der Waals surface area contributed by atoms with Gasteiger partial charge in [0.2, 0.25) is 17.7 Å². The van der Waals surface area contributed by atoms with E-state index in [1.807, 2.05) is 0 Å². The average molecular weight is 366 g/mol. The van der Waals surface area contributed by atoms with E-state index in [2.05, 4.69) is 17.5 Å². The molecule has 140 valence electrons. The highest BCUT2D eigenvalue weighted by Gasteiger charge is 2.66. The normalized spacial score (nSPS) is 35.1. The molecule has 27 heavy (non-hydrogen) atoms. The molecule has 1 aromatic rings. The summed E-state index contributed by atoms with van der Waals surface area (Å²) in [6.07, 6.45) is 5.58. The van der Waals surface area contributed by atoms with Crippen LogP contribution >= 0.6 is 0 Å². The molecule has 1 heterocycles. The molecule has 5 aliphatic rings. The fourth-order valence-electron chi connectivity index (χ4n) is 5.35. The summed E-state index contributed by atoms with van der Waals surface area (Å²) in [5.41, 5.74) is 0.663. The van der Waals surface area contributed by atoms with Crippen LogP contribution in [0.5, 0.6) is 5.75 Å². The lowest BCUT2D eigenvalue weighted by Gasteiger charge is -2.37. The summed E-state index contributed by atoms with van der Waals surface area (Å²) in [4.78, 5) is 39.3. The molecule has 3 amide bonds. The van der Waals surface area contributed by atoms with Gasteiger partial charge in [0.15, 0.2) is 0 Å². The van der Waals surface area contributed by atoms with Gasteiger partial charge in [0, 0.05) is 18.7 Å². The maximum absolute atomic E-state index is 12.9. The first-order chi connectivity index (χ1) is 13.1. The van der Waals surface area contributed by atoms with Crippen LogP contribution in [0.2, 0.25) is 0 Å². The Morgan fingerprint density at radius 1 is 1.07 bits per heavy atom. The lowest BCUT2D eigenvalue weighted by atomic mass is 9.63. The summed E-state index contributed by atoms with van der Waals surface area (Å²) >= 11 is 0. The number of nitrogens with one attached hydrogen (secondary N) is 1. The Bertz CT molecular complexity index is 810. The molecule has 6 rings (SSSR count). The summed E-state index contributed by atoms with van der Waals surface area (Å²) in [5, 5.41) is 2.80. The topological polar surface area (TPSA) is 75.7 Å². The van der Waals surface area contributed by atoms with E-state index < -0.39 is 0 Å². The highest BCUT2D eigenvalue weighted by Crippen LogP contribution is 2.65. The number of anilines is 1. The van der Waals surface area contributed by atoms with E-state index in [4.69, 9.17) is 4.74 Å². The van der Waals surface area contributed by atoms with Crippen molar-refractivity contribution in [3.63, 3.8) is 0 Å². The summed E-state index contributed by atoms with van der Waals surface area (Å²) in [6, 6.07) is 7.05. The van der Waals surface area contributed by atoms with Crippen LogP contribution < -0.4 is 10.1 Å². The number of nitrogens with zero attached hydrogens (tertiary/aromatic N) is 1. The number of likely N-dealkylation sites (tertiary alicyclic amines) is 1. The Kier molecular flexibility index (Phi) is 3.64. The Labute approximate surface area is 157 Å². The van der Waals surface area contributed by atoms with E-state index in [1.54, 1.807) is 31.4 Å². The van der Waals surface area contributed by atoms with Gasteiger partial charge in [-0.2, -0.15) is 0 Å². The predicted molar refractivity (Wildman–Crippen MR) is 97.7 cm³/mol. The summed E-state index contributed by atoms with van der Waals surface area (Å²) < 4.78 is 5.09. The molecule has 2 bridgehead atoms. The number of carbonyl (C=O) groups excluding carboxylic acids is 3. The van der Waals surface area contributed by atoms with Gasteiger partial charge in [-0.25, -0.2) is 0 Å². The minimum Gasteiger partial charge on any atom is -0.497 e. The molecule has 1 aliphatic heterocycles. The molecule has 3 fully saturated rings. The SMILES string of the molecule is COc1ccc(NC(=O)CCN2C(=O)[C@@H]3[C@H]4C=C[C@@H]([C@@H]5C[C@H]45)[C@H]3C2=O)cc1. The number of benzene rings is 1. The van der Waals surface area contributed by atoms with Crippen LogP contribution in [-0.2, 0) is 14.4 Å². The second-order valence-electron chi connectivity index (χ2n) is 8.01. The third kappa shape index (κ3) is 2.50. The Morgan fingerprint density at radius 2 is 1.67 bits per heavy atom. The minimum absolute atomic E-state index is 0.0769. The van der Waals surface area contributed by atoms with Gasteiger partial charge in [-0.05, 0) is 54.4 Å². The van der Waals surface area contributed by atoms with E-state index >= 15 is 0 Å². The number of ether oxygens (including phenoxy) is 1. The van der Waals surface area contributed by atoms with Crippen LogP contribution in [0.4, 0.5) is 5.69 Å². The van der Waals surface area contributed by atoms with Crippen molar-refractivity contribution in [1.82, 2.24) is 4.90 Å². The summed E-state index contributed by atoms with van der Waals surface area (Å²) in [7, 11) is 1.58. The molecule has 1 N–H and O–H groups in total. The lowest BCUT2D eigenvalue weighted by molar-refractivity contribution is -0.140. The molecule has 6 nitrogen and oxygen atoms in total. The van der Waals surface area contributed by atoms with Crippen LogP contribution in [0.25, 0.3) is 0 Å². The first-order valence-corrected chi connectivity index (χ1v) is 9.56. The van der Waals surface area contributed by atoms with Gasteiger partial charge in [-0.1, -0.05) is 12.2 Å². The maximum atomic E-state index is 12.9. The second-order valence-corrected chi connectivity index (χ2v) is 8.01.